The number of hydrogen-bond donors (Lipinski definition) is 2. The van der Waals surface area contributed by atoms with Crippen molar-refractivity contribution in [3.05, 3.63) is 50.4 Å². The van der Waals surface area contributed by atoms with E-state index in [2.05, 4.69) is 26.1 Å². The number of nitrogens with zero attached hydrogens (tertiary/aromatic N) is 1. The Kier molecular flexibility index (Phi) is 6.12. The van der Waals surface area contributed by atoms with Crippen LogP contribution in [0.1, 0.15) is 48.0 Å². The van der Waals surface area contributed by atoms with Gasteiger partial charge in [-0.05, 0) is 48.3 Å². The molecule has 0 saturated heterocycles. The molecule has 3 N–H and O–H groups in total. The number of anilines is 1. The number of nitrogens with one attached hydrogen (secondary N) is 1. The molecule has 30 heavy (non-hydrogen) atoms. The summed E-state index contributed by atoms with van der Waals surface area (Å²) in [6.07, 6.45) is 2.60. The van der Waals surface area contributed by atoms with Gasteiger partial charge in [-0.1, -0.05) is 20.8 Å². The van der Waals surface area contributed by atoms with Gasteiger partial charge in [0.05, 0.1) is 10.5 Å². The Morgan fingerprint density at radius 1 is 1.30 bits per heavy atom. The molecule has 0 unspecified atom stereocenters. The van der Waals surface area contributed by atoms with Crippen molar-refractivity contribution in [3.8, 4) is 5.75 Å². The maximum absolute atomic E-state index is 12.4. The van der Waals surface area contributed by atoms with Gasteiger partial charge in [-0.3, -0.25) is 19.7 Å². The number of fused-ring (bicyclic) bond motifs is 1. The minimum atomic E-state index is -0.548. The zero-order valence-corrected chi connectivity index (χ0v) is 18.0. The summed E-state index contributed by atoms with van der Waals surface area (Å²) in [6, 6.07) is 5.46. The molecule has 0 aliphatic heterocycles. The fourth-order valence-corrected chi connectivity index (χ4v) is 5.00. The van der Waals surface area contributed by atoms with E-state index in [4.69, 9.17) is 10.5 Å². The van der Waals surface area contributed by atoms with Crippen LogP contribution in [0.15, 0.2) is 24.3 Å². The molecule has 2 amide bonds. The maximum atomic E-state index is 12.4. The molecule has 9 heteroatoms. The average molecular weight is 432 g/mol. The first-order valence-electron chi connectivity index (χ1n) is 9.67. The van der Waals surface area contributed by atoms with E-state index in [0.717, 1.165) is 29.7 Å². The minimum absolute atomic E-state index is 0.0596. The van der Waals surface area contributed by atoms with Crippen LogP contribution in [0.25, 0.3) is 0 Å². The average Bonchev–Trinajstić information content (AvgIpc) is 3.03. The largest absolute Gasteiger partial charge is 0.484 e. The molecule has 1 aliphatic rings. The van der Waals surface area contributed by atoms with Crippen molar-refractivity contribution in [1.29, 1.82) is 0 Å². The summed E-state index contributed by atoms with van der Waals surface area (Å²) in [4.78, 5) is 35.7. The summed E-state index contributed by atoms with van der Waals surface area (Å²) in [5, 5.41) is 13.9. The summed E-state index contributed by atoms with van der Waals surface area (Å²) in [5.74, 6) is -0.141. The molecular formula is C21H25N3O5S. The number of nitrogens with two attached hydrogens (primary N) is 1. The summed E-state index contributed by atoms with van der Waals surface area (Å²) in [7, 11) is 0. The van der Waals surface area contributed by atoms with Crippen molar-refractivity contribution >= 4 is 33.8 Å². The highest BCUT2D eigenvalue weighted by molar-refractivity contribution is 7.17. The molecule has 1 aromatic heterocycles. The smallest absolute Gasteiger partial charge is 0.269 e. The van der Waals surface area contributed by atoms with E-state index in [0.29, 0.717) is 22.2 Å². The molecule has 8 nitrogen and oxygen atoms in total. The van der Waals surface area contributed by atoms with E-state index in [1.807, 2.05) is 0 Å². The molecular weight excluding hydrogens is 406 g/mol. The quantitative estimate of drug-likeness (QED) is 0.530. The predicted molar refractivity (Wildman–Crippen MR) is 115 cm³/mol. The topological polar surface area (TPSA) is 125 Å². The standard InChI is InChI=1S/C21H25N3O5S/c1-21(2,3)12-4-9-15-16(10-12)30-20(18(15)19(22)26)23-17(25)11-29-14-7-5-13(6-8-14)24(27)28/h5-8,12H,4,9-11H2,1-3H3,(H2,22,26)(H,23,25)/t12-/m0/s1. The number of carbonyl (C=O) groups excluding carboxylic acids is 2. The Balaban J connectivity index is 1.70. The zero-order valence-electron chi connectivity index (χ0n) is 17.2. The van der Waals surface area contributed by atoms with Crippen LogP contribution in [-0.2, 0) is 17.6 Å². The third-order valence-corrected chi connectivity index (χ3v) is 6.58. The van der Waals surface area contributed by atoms with E-state index in [-0.39, 0.29) is 17.7 Å². The molecule has 2 aromatic rings. The highest BCUT2D eigenvalue weighted by atomic mass is 32.1. The summed E-state index contributed by atoms with van der Waals surface area (Å²) in [5.41, 5.74) is 7.06. The van der Waals surface area contributed by atoms with Crippen LogP contribution >= 0.6 is 11.3 Å². The third kappa shape index (κ3) is 4.79. The third-order valence-electron chi connectivity index (χ3n) is 5.41. The van der Waals surface area contributed by atoms with Gasteiger partial charge in [0.2, 0.25) is 0 Å². The molecule has 160 valence electrons. The molecule has 1 aliphatic carbocycles. The van der Waals surface area contributed by atoms with Gasteiger partial charge >= 0.3 is 0 Å². The molecule has 1 atom stereocenters. The molecule has 1 heterocycles. The fraction of sp³-hybridized carbons (Fsp3) is 0.429. The molecule has 0 fully saturated rings. The predicted octanol–water partition coefficient (Wildman–Crippen LogP) is 3.92. The van der Waals surface area contributed by atoms with Crippen molar-refractivity contribution < 1.29 is 19.2 Å². The van der Waals surface area contributed by atoms with Crippen LogP contribution in [-0.4, -0.2) is 23.3 Å². The number of benzene rings is 1. The number of nitro groups is 1. The van der Waals surface area contributed by atoms with Crippen molar-refractivity contribution in [1.82, 2.24) is 0 Å². The van der Waals surface area contributed by atoms with Crippen LogP contribution < -0.4 is 15.8 Å². The molecule has 0 bridgehead atoms. The summed E-state index contributed by atoms with van der Waals surface area (Å²) < 4.78 is 5.39. The first kappa shape index (κ1) is 21.8. The Morgan fingerprint density at radius 2 is 1.97 bits per heavy atom. The Labute approximate surface area is 178 Å². The first-order valence-corrected chi connectivity index (χ1v) is 10.5. The number of non-ortho nitro benzene ring substituents is 1. The lowest BCUT2D eigenvalue weighted by atomic mass is 9.72. The Morgan fingerprint density at radius 3 is 2.53 bits per heavy atom. The van der Waals surface area contributed by atoms with Crippen molar-refractivity contribution in [3.63, 3.8) is 0 Å². The summed E-state index contributed by atoms with van der Waals surface area (Å²) >= 11 is 1.40. The second-order valence-electron chi connectivity index (χ2n) is 8.47. The summed E-state index contributed by atoms with van der Waals surface area (Å²) in [6.45, 7) is 6.35. The number of rotatable bonds is 6. The lowest BCUT2D eigenvalue weighted by Crippen LogP contribution is -2.27. The van der Waals surface area contributed by atoms with Gasteiger partial charge in [-0.15, -0.1) is 11.3 Å². The zero-order chi connectivity index (χ0) is 22.1. The Bertz CT molecular complexity index is 976. The lowest BCUT2D eigenvalue weighted by molar-refractivity contribution is -0.384. The number of amides is 2. The maximum Gasteiger partial charge on any atom is 0.269 e. The molecule has 0 radical (unpaired) electrons. The van der Waals surface area contributed by atoms with Gasteiger partial charge in [0, 0.05) is 17.0 Å². The second kappa shape index (κ2) is 8.43. The lowest BCUT2D eigenvalue weighted by Gasteiger charge is -2.33. The highest BCUT2D eigenvalue weighted by Gasteiger charge is 2.33. The van der Waals surface area contributed by atoms with Crippen LogP contribution in [0, 0.1) is 21.4 Å². The highest BCUT2D eigenvalue weighted by Crippen LogP contribution is 2.44. The monoisotopic (exact) mass is 431 g/mol. The van der Waals surface area contributed by atoms with Crippen LogP contribution in [0.5, 0.6) is 5.75 Å². The minimum Gasteiger partial charge on any atom is -0.484 e. The Hall–Kier alpha value is -2.94. The van der Waals surface area contributed by atoms with Gasteiger partial charge < -0.3 is 15.8 Å². The van der Waals surface area contributed by atoms with Crippen LogP contribution in [0.2, 0.25) is 0 Å². The van der Waals surface area contributed by atoms with Crippen molar-refractivity contribution in [2.75, 3.05) is 11.9 Å². The fourth-order valence-electron chi connectivity index (χ4n) is 3.65. The van der Waals surface area contributed by atoms with E-state index in [9.17, 15) is 19.7 Å². The molecule has 3 rings (SSSR count). The van der Waals surface area contributed by atoms with Crippen LogP contribution in [0.4, 0.5) is 10.7 Å². The van der Waals surface area contributed by atoms with E-state index >= 15 is 0 Å². The number of ether oxygens (including phenoxy) is 1. The second-order valence-corrected chi connectivity index (χ2v) is 9.57. The van der Waals surface area contributed by atoms with Gasteiger partial charge in [0.1, 0.15) is 10.8 Å². The molecule has 0 saturated carbocycles. The van der Waals surface area contributed by atoms with Gasteiger partial charge in [0.25, 0.3) is 17.5 Å². The van der Waals surface area contributed by atoms with Gasteiger partial charge in [0.15, 0.2) is 6.61 Å². The van der Waals surface area contributed by atoms with Gasteiger partial charge in [-0.25, -0.2) is 0 Å². The number of thiophene rings is 1. The van der Waals surface area contributed by atoms with Crippen molar-refractivity contribution in [2.24, 2.45) is 17.1 Å². The molecule has 1 aromatic carbocycles. The number of primary amides is 1. The van der Waals surface area contributed by atoms with E-state index in [1.165, 1.54) is 35.6 Å². The van der Waals surface area contributed by atoms with Gasteiger partial charge in [-0.2, -0.15) is 0 Å². The van der Waals surface area contributed by atoms with Crippen LogP contribution in [0.3, 0.4) is 0 Å². The first-order chi connectivity index (χ1) is 14.1. The number of hydrogen-bond acceptors (Lipinski definition) is 6. The van der Waals surface area contributed by atoms with Crippen molar-refractivity contribution in [2.45, 2.75) is 40.0 Å². The SMILES string of the molecule is CC(C)(C)[C@H]1CCc2c(sc(NC(=O)COc3ccc([N+](=O)[O-])cc3)c2C(N)=O)C1. The number of carbonyl (C=O) groups is 2. The van der Waals surface area contributed by atoms with E-state index in [1.54, 1.807) is 0 Å². The molecule has 0 spiro atoms. The number of nitro benzene ring substituents is 1. The van der Waals surface area contributed by atoms with E-state index < -0.39 is 16.7 Å². The normalized spacial score (nSPS) is 15.9.